The van der Waals surface area contributed by atoms with Crippen LogP contribution in [0.3, 0.4) is 0 Å². The van der Waals surface area contributed by atoms with E-state index >= 15 is 4.39 Å². The molecular weight excluding hydrogens is 438 g/mol. The first-order valence-electron chi connectivity index (χ1n) is 9.96. The van der Waals surface area contributed by atoms with Gasteiger partial charge in [-0.25, -0.2) is 14.2 Å². The molecule has 4 aromatic rings. The summed E-state index contributed by atoms with van der Waals surface area (Å²) in [6, 6.07) is 15.1. The first-order valence-corrected chi connectivity index (χ1v) is 9.96. The number of ether oxygens (including phenoxy) is 1. The molecule has 0 unspecified atom stereocenters. The van der Waals surface area contributed by atoms with E-state index in [2.05, 4.69) is 4.98 Å². The van der Waals surface area contributed by atoms with Crippen molar-refractivity contribution in [1.82, 2.24) is 4.98 Å². The van der Waals surface area contributed by atoms with Crippen LogP contribution in [-0.4, -0.2) is 22.7 Å². The lowest BCUT2D eigenvalue weighted by molar-refractivity contribution is -0.137. The van der Waals surface area contributed by atoms with Crippen LogP contribution in [0.15, 0.2) is 66.7 Å². The Morgan fingerprint density at radius 3 is 2.42 bits per heavy atom. The highest BCUT2D eigenvalue weighted by Gasteiger charge is 2.31. The van der Waals surface area contributed by atoms with Gasteiger partial charge in [0.1, 0.15) is 11.6 Å². The van der Waals surface area contributed by atoms with E-state index in [-0.39, 0.29) is 33.3 Å². The predicted molar refractivity (Wildman–Crippen MR) is 116 cm³/mol. The van der Waals surface area contributed by atoms with Gasteiger partial charge in [-0.2, -0.15) is 13.2 Å². The molecule has 1 heterocycles. The largest absolute Gasteiger partial charge is 0.493 e. The highest BCUT2D eigenvalue weighted by molar-refractivity contribution is 6.04. The Balaban J connectivity index is 1.83. The number of pyridine rings is 1. The van der Waals surface area contributed by atoms with Crippen LogP contribution in [0.1, 0.15) is 22.8 Å². The van der Waals surface area contributed by atoms with Crippen molar-refractivity contribution in [3.63, 3.8) is 0 Å². The monoisotopic (exact) mass is 455 g/mol. The van der Waals surface area contributed by atoms with Gasteiger partial charge in [0, 0.05) is 22.1 Å². The molecule has 0 atom stereocenters. The molecule has 0 aliphatic rings. The van der Waals surface area contributed by atoms with E-state index in [1.54, 1.807) is 30.3 Å². The van der Waals surface area contributed by atoms with Gasteiger partial charge in [-0.3, -0.25) is 0 Å². The first kappa shape index (κ1) is 22.3. The third kappa shape index (κ3) is 4.37. The Labute approximate surface area is 186 Å². The van der Waals surface area contributed by atoms with Gasteiger partial charge in [-0.15, -0.1) is 0 Å². The molecule has 1 N–H and O–H groups in total. The van der Waals surface area contributed by atoms with Crippen LogP contribution in [-0.2, 0) is 6.18 Å². The second kappa shape index (κ2) is 8.54. The van der Waals surface area contributed by atoms with Crippen molar-refractivity contribution in [3.05, 3.63) is 83.7 Å². The molecule has 0 aliphatic heterocycles. The number of fused-ring (bicyclic) bond motifs is 1. The van der Waals surface area contributed by atoms with Crippen LogP contribution < -0.4 is 4.74 Å². The number of hydrogen-bond donors (Lipinski definition) is 1. The lowest BCUT2D eigenvalue weighted by Gasteiger charge is -2.13. The lowest BCUT2D eigenvalue weighted by atomic mass is 9.99. The van der Waals surface area contributed by atoms with Gasteiger partial charge in [0.2, 0.25) is 0 Å². The number of para-hydroxylation sites is 1. The third-order valence-electron chi connectivity index (χ3n) is 5.11. The number of alkyl halides is 3. The van der Waals surface area contributed by atoms with E-state index in [1.807, 2.05) is 6.92 Å². The number of nitrogens with zero attached hydrogens (tertiary/aromatic N) is 1. The maximum absolute atomic E-state index is 15.1. The summed E-state index contributed by atoms with van der Waals surface area (Å²) < 4.78 is 59.9. The molecule has 8 heteroatoms. The highest BCUT2D eigenvalue weighted by Crippen LogP contribution is 2.36. The highest BCUT2D eigenvalue weighted by atomic mass is 19.4. The second-order valence-corrected chi connectivity index (χ2v) is 7.21. The van der Waals surface area contributed by atoms with E-state index in [1.165, 1.54) is 12.1 Å². The Hall–Kier alpha value is -3.94. The van der Waals surface area contributed by atoms with E-state index in [9.17, 15) is 23.1 Å². The van der Waals surface area contributed by atoms with Crippen molar-refractivity contribution in [3.8, 4) is 28.1 Å². The van der Waals surface area contributed by atoms with Crippen LogP contribution in [0.25, 0.3) is 33.3 Å². The maximum Gasteiger partial charge on any atom is 0.416 e. The molecular formula is C25H17F4NO3. The summed E-state index contributed by atoms with van der Waals surface area (Å²) in [6.45, 7) is 2.23. The Bertz CT molecular complexity index is 1370. The Morgan fingerprint density at radius 1 is 1.00 bits per heavy atom. The summed E-state index contributed by atoms with van der Waals surface area (Å²) in [6.07, 6.45) is -4.63. The van der Waals surface area contributed by atoms with Crippen LogP contribution in [0, 0.1) is 5.82 Å². The topological polar surface area (TPSA) is 59.4 Å². The van der Waals surface area contributed by atoms with Crippen LogP contribution in [0.2, 0.25) is 0 Å². The van der Waals surface area contributed by atoms with Crippen molar-refractivity contribution in [2.45, 2.75) is 13.1 Å². The Morgan fingerprint density at radius 2 is 1.76 bits per heavy atom. The number of carboxylic acid groups (broad SMARTS) is 1. The molecule has 33 heavy (non-hydrogen) atoms. The molecule has 0 aliphatic carbocycles. The molecule has 4 nitrogen and oxygen atoms in total. The smallest absolute Gasteiger partial charge is 0.416 e. The zero-order chi connectivity index (χ0) is 23.8. The second-order valence-electron chi connectivity index (χ2n) is 7.21. The minimum Gasteiger partial charge on any atom is -0.493 e. The molecule has 3 aromatic carbocycles. The summed E-state index contributed by atoms with van der Waals surface area (Å²) >= 11 is 0. The van der Waals surface area contributed by atoms with Gasteiger partial charge < -0.3 is 9.84 Å². The fraction of sp³-hybridized carbons (Fsp3) is 0.120. The summed E-state index contributed by atoms with van der Waals surface area (Å²) in [7, 11) is 0. The van der Waals surface area contributed by atoms with E-state index in [0.29, 0.717) is 17.9 Å². The number of hydrogen-bond acceptors (Lipinski definition) is 3. The van der Waals surface area contributed by atoms with Gasteiger partial charge in [-0.05, 0) is 43.3 Å². The standard InChI is InChI=1S/C25H17F4NO3/c1-2-33-23-6-4-3-5-17(23)16-9-7-14(11-20(16)26)22-13-19(24(31)32)18-12-15(25(27,28)29)8-10-21(18)30-22/h3-13H,2H2,1H3,(H,31,32). The zero-order valence-electron chi connectivity index (χ0n) is 17.3. The van der Waals surface area contributed by atoms with Gasteiger partial charge >= 0.3 is 12.1 Å². The minimum atomic E-state index is -4.63. The van der Waals surface area contributed by atoms with Crippen LogP contribution >= 0.6 is 0 Å². The number of rotatable bonds is 5. The summed E-state index contributed by atoms with van der Waals surface area (Å²) in [4.78, 5) is 16.0. The molecule has 0 radical (unpaired) electrons. The van der Waals surface area contributed by atoms with E-state index in [4.69, 9.17) is 4.74 Å². The van der Waals surface area contributed by atoms with Crippen molar-refractivity contribution < 1.29 is 32.2 Å². The van der Waals surface area contributed by atoms with Gasteiger partial charge in [0.15, 0.2) is 0 Å². The Kier molecular flexibility index (Phi) is 5.76. The van der Waals surface area contributed by atoms with Gasteiger partial charge in [0.25, 0.3) is 0 Å². The summed E-state index contributed by atoms with van der Waals surface area (Å²) in [5, 5.41) is 9.43. The normalized spacial score (nSPS) is 11.5. The molecule has 0 fully saturated rings. The molecule has 4 rings (SSSR count). The fourth-order valence-electron chi connectivity index (χ4n) is 3.59. The van der Waals surface area contributed by atoms with Crippen molar-refractivity contribution in [2.24, 2.45) is 0 Å². The quantitative estimate of drug-likeness (QED) is 0.335. The van der Waals surface area contributed by atoms with Crippen LogP contribution in [0.5, 0.6) is 5.75 Å². The molecule has 0 bridgehead atoms. The third-order valence-corrected chi connectivity index (χ3v) is 5.11. The molecule has 1 aromatic heterocycles. The number of carbonyl (C=O) groups is 1. The van der Waals surface area contributed by atoms with Crippen molar-refractivity contribution in [1.29, 1.82) is 0 Å². The number of benzene rings is 3. The lowest BCUT2D eigenvalue weighted by Crippen LogP contribution is -2.06. The SMILES string of the molecule is CCOc1ccccc1-c1ccc(-c2cc(C(=O)O)c3cc(C(F)(F)F)ccc3n2)cc1F. The van der Waals surface area contributed by atoms with Crippen molar-refractivity contribution in [2.75, 3.05) is 6.61 Å². The number of aromatic nitrogens is 1. The van der Waals surface area contributed by atoms with Crippen LogP contribution in [0.4, 0.5) is 17.6 Å². The summed E-state index contributed by atoms with van der Waals surface area (Å²) in [5.41, 5.74) is -0.0120. The molecule has 168 valence electrons. The maximum atomic E-state index is 15.1. The average Bonchev–Trinajstić information content (AvgIpc) is 2.78. The molecule has 0 saturated carbocycles. The molecule has 0 saturated heterocycles. The minimum absolute atomic E-state index is 0.0593. The first-order chi connectivity index (χ1) is 15.7. The molecule has 0 amide bonds. The van der Waals surface area contributed by atoms with E-state index in [0.717, 1.165) is 24.3 Å². The summed E-state index contributed by atoms with van der Waals surface area (Å²) in [5.74, 6) is -1.47. The molecule has 0 spiro atoms. The number of carboxylic acids is 1. The predicted octanol–water partition coefficient (Wildman–Crippen LogP) is 6.82. The average molecular weight is 455 g/mol. The zero-order valence-corrected chi connectivity index (χ0v) is 17.3. The van der Waals surface area contributed by atoms with Crippen molar-refractivity contribution >= 4 is 16.9 Å². The number of halogens is 4. The van der Waals surface area contributed by atoms with Gasteiger partial charge in [0.05, 0.1) is 28.9 Å². The van der Waals surface area contributed by atoms with Gasteiger partial charge in [-0.1, -0.05) is 30.3 Å². The fourth-order valence-corrected chi connectivity index (χ4v) is 3.59. The van der Waals surface area contributed by atoms with E-state index < -0.39 is 23.5 Å². The number of aromatic carboxylic acids is 1.